The zero-order chi connectivity index (χ0) is 23.6. The summed E-state index contributed by atoms with van der Waals surface area (Å²) in [6.07, 6.45) is 3.72. The molecule has 0 radical (unpaired) electrons. The van der Waals surface area contributed by atoms with Crippen LogP contribution in [0.3, 0.4) is 0 Å². The number of thioether (sulfide) groups is 2. The molecule has 4 rings (SSSR count). The first-order valence-corrected chi connectivity index (χ1v) is 13.6. The summed E-state index contributed by atoms with van der Waals surface area (Å²) in [6, 6.07) is 5.30. The molecule has 1 aliphatic heterocycles. The fourth-order valence-electron chi connectivity index (χ4n) is 3.66. The first-order valence-electron chi connectivity index (χ1n) is 10.5. The highest BCUT2D eigenvalue weighted by atomic mass is 32.2. The standard InChI is InChI=1S/C23H27N3O4S3/c1-6-23(2)10-14-17(11-30-23)33-21-19(14)20(25-22(26-21)31-5)32-12-18(27)24-15-8-7-13(28-3)9-16(15)29-4/h7-9H,6,10-12H2,1-5H3,(H,24,27)/t23-/m0/s1. The second-order valence-electron chi connectivity index (χ2n) is 7.87. The number of methoxy groups -OCH3 is 2. The molecule has 10 heteroatoms. The average Bonchev–Trinajstić information content (AvgIpc) is 3.20. The van der Waals surface area contributed by atoms with Crippen molar-refractivity contribution in [2.75, 3.05) is 31.5 Å². The van der Waals surface area contributed by atoms with E-state index in [1.165, 1.54) is 34.0 Å². The topological polar surface area (TPSA) is 82.6 Å². The quantitative estimate of drug-likeness (QED) is 0.247. The Kier molecular flexibility index (Phi) is 7.37. The van der Waals surface area contributed by atoms with Crippen LogP contribution in [0.25, 0.3) is 10.2 Å². The van der Waals surface area contributed by atoms with Crippen molar-refractivity contribution >= 4 is 56.7 Å². The Bertz CT molecular complexity index is 1180. The van der Waals surface area contributed by atoms with E-state index in [4.69, 9.17) is 24.2 Å². The Labute approximate surface area is 206 Å². The summed E-state index contributed by atoms with van der Waals surface area (Å²) in [7, 11) is 3.15. The molecule has 0 saturated heterocycles. The maximum atomic E-state index is 12.8. The van der Waals surface area contributed by atoms with E-state index in [1.54, 1.807) is 43.8 Å². The van der Waals surface area contributed by atoms with Crippen molar-refractivity contribution < 1.29 is 19.0 Å². The highest BCUT2D eigenvalue weighted by Gasteiger charge is 2.33. The molecule has 1 atom stereocenters. The van der Waals surface area contributed by atoms with Gasteiger partial charge in [0, 0.05) is 22.8 Å². The van der Waals surface area contributed by atoms with Crippen molar-refractivity contribution in [1.29, 1.82) is 0 Å². The van der Waals surface area contributed by atoms with Gasteiger partial charge in [0.05, 0.1) is 37.9 Å². The Morgan fingerprint density at radius 1 is 1.30 bits per heavy atom. The minimum absolute atomic E-state index is 0.133. The normalized spacial score (nSPS) is 17.6. The fraction of sp³-hybridized carbons (Fsp3) is 0.435. The number of ether oxygens (including phenoxy) is 3. The maximum Gasteiger partial charge on any atom is 0.234 e. The molecular formula is C23H27N3O4S3. The molecule has 0 fully saturated rings. The van der Waals surface area contributed by atoms with Crippen LogP contribution in [0.4, 0.5) is 5.69 Å². The van der Waals surface area contributed by atoms with Crippen LogP contribution in [-0.4, -0.2) is 47.7 Å². The molecule has 0 aliphatic carbocycles. The zero-order valence-corrected chi connectivity index (χ0v) is 21.8. The number of thiophene rings is 1. The van der Waals surface area contributed by atoms with Crippen molar-refractivity contribution in [2.45, 2.75) is 49.1 Å². The van der Waals surface area contributed by atoms with Gasteiger partial charge < -0.3 is 19.5 Å². The van der Waals surface area contributed by atoms with Crippen molar-refractivity contribution in [1.82, 2.24) is 9.97 Å². The maximum absolute atomic E-state index is 12.8. The summed E-state index contributed by atoms with van der Waals surface area (Å²) in [5, 5.41) is 5.55. The summed E-state index contributed by atoms with van der Waals surface area (Å²) in [6.45, 7) is 4.89. The summed E-state index contributed by atoms with van der Waals surface area (Å²) in [5.41, 5.74) is 1.67. The van der Waals surface area contributed by atoms with Crippen molar-refractivity contribution in [3.63, 3.8) is 0 Å². The van der Waals surface area contributed by atoms with Crippen LogP contribution in [0.2, 0.25) is 0 Å². The van der Waals surface area contributed by atoms with Gasteiger partial charge in [-0.25, -0.2) is 9.97 Å². The van der Waals surface area contributed by atoms with E-state index in [2.05, 4.69) is 19.2 Å². The van der Waals surface area contributed by atoms with Crippen LogP contribution in [0, 0.1) is 0 Å². The molecule has 33 heavy (non-hydrogen) atoms. The molecule has 3 heterocycles. The van der Waals surface area contributed by atoms with E-state index in [1.807, 2.05) is 6.26 Å². The number of hydrogen-bond donors (Lipinski definition) is 1. The third-order valence-electron chi connectivity index (χ3n) is 5.74. The number of hydrogen-bond acceptors (Lipinski definition) is 9. The van der Waals surface area contributed by atoms with Gasteiger partial charge in [-0.1, -0.05) is 30.4 Å². The largest absolute Gasteiger partial charge is 0.497 e. The van der Waals surface area contributed by atoms with Crippen molar-refractivity contribution in [3.8, 4) is 11.5 Å². The number of anilines is 1. The molecule has 1 amide bonds. The molecule has 1 aliphatic rings. The predicted octanol–water partition coefficient (Wildman–Crippen LogP) is 5.40. The molecule has 176 valence electrons. The fourth-order valence-corrected chi connectivity index (χ4v) is 6.17. The lowest BCUT2D eigenvalue weighted by molar-refractivity contribution is -0.113. The summed E-state index contributed by atoms with van der Waals surface area (Å²) >= 11 is 4.61. The van der Waals surface area contributed by atoms with Crippen molar-refractivity contribution in [2.24, 2.45) is 0 Å². The van der Waals surface area contributed by atoms with E-state index in [0.29, 0.717) is 28.9 Å². The Morgan fingerprint density at radius 3 is 2.82 bits per heavy atom. The summed E-state index contributed by atoms with van der Waals surface area (Å²) in [5.74, 6) is 1.30. The smallest absolute Gasteiger partial charge is 0.234 e. The number of amides is 1. The Balaban J connectivity index is 1.58. The Morgan fingerprint density at radius 2 is 2.12 bits per heavy atom. The number of benzene rings is 1. The molecule has 1 N–H and O–H groups in total. The minimum atomic E-state index is -0.191. The van der Waals surface area contributed by atoms with Crippen molar-refractivity contribution in [3.05, 3.63) is 28.6 Å². The highest BCUT2D eigenvalue weighted by Crippen LogP contribution is 2.43. The lowest BCUT2D eigenvalue weighted by Crippen LogP contribution is -2.33. The third-order valence-corrected chi connectivity index (χ3v) is 8.36. The average molecular weight is 506 g/mol. The number of rotatable bonds is 8. The van der Waals surface area contributed by atoms with Gasteiger partial charge in [-0.15, -0.1) is 11.3 Å². The van der Waals surface area contributed by atoms with E-state index < -0.39 is 0 Å². The first kappa shape index (κ1) is 24.1. The molecule has 1 aromatic carbocycles. The molecule has 0 saturated carbocycles. The lowest BCUT2D eigenvalue weighted by atomic mass is 9.90. The van der Waals surface area contributed by atoms with E-state index in [-0.39, 0.29) is 17.3 Å². The third kappa shape index (κ3) is 5.08. The molecule has 0 spiro atoms. The van der Waals surface area contributed by atoms with Gasteiger partial charge in [0.1, 0.15) is 21.4 Å². The van der Waals surface area contributed by atoms with Crippen LogP contribution in [0.5, 0.6) is 11.5 Å². The highest BCUT2D eigenvalue weighted by molar-refractivity contribution is 8.00. The van der Waals surface area contributed by atoms with Gasteiger partial charge in [-0.3, -0.25) is 4.79 Å². The van der Waals surface area contributed by atoms with Crippen LogP contribution in [-0.2, 0) is 22.6 Å². The van der Waals surface area contributed by atoms with Gasteiger partial charge in [0.15, 0.2) is 5.16 Å². The number of fused-ring (bicyclic) bond motifs is 3. The van der Waals surface area contributed by atoms with Crippen LogP contribution in [0.15, 0.2) is 28.4 Å². The minimum Gasteiger partial charge on any atom is -0.497 e. The Hall–Kier alpha value is -2.01. The lowest BCUT2D eigenvalue weighted by Gasteiger charge is -2.33. The number of aromatic nitrogens is 2. The van der Waals surface area contributed by atoms with Gasteiger partial charge in [-0.05, 0) is 37.3 Å². The second-order valence-corrected chi connectivity index (χ2v) is 10.7. The van der Waals surface area contributed by atoms with E-state index in [9.17, 15) is 4.79 Å². The van der Waals surface area contributed by atoms with Crippen LogP contribution >= 0.6 is 34.9 Å². The van der Waals surface area contributed by atoms with Crippen LogP contribution < -0.4 is 14.8 Å². The number of carbonyl (C=O) groups excluding carboxylic acids is 1. The number of nitrogens with zero attached hydrogens (tertiary/aromatic N) is 2. The van der Waals surface area contributed by atoms with Crippen LogP contribution in [0.1, 0.15) is 30.7 Å². The van der Waals surface area contributed by atoms with E-state index >= 15 is 0 Å². The zero-order valence-electron chi connectivity index (χ0n) is 19.3. The molecule has 7 nitrogen and oxygen atoms in total. The molecule has 0 unspecified atom stereocenters. The SMILES string of the molecule is CC[C@@]1(C)Cc2c(sc3nc(SC)nc(SCC(=O)Nc4ccc(OC)cc4OC)c23)CO1. The molecule has 0 bridgehead atoms. The van der Waals surface area contributed by atoms with Gasteiger partial charge in [-0.2, -0.15) is 0 Å². The molecule has 3 aromatic rings. The number of nitrogens with one attached hydrogen (secondary N) is 1. The molecule has 2 aromatic heterocycles. The number of carbonyl (C=O) groups is 1. The van der Waals surface area contributed by atoms with Gasteiger partial charge in [0.2, 0.25) is 5.91 Å². The van der Waals surface area contributed by atoms with E-state index in [0.717, 1.165) is 28.1 Å². The monoisotopic (exact) mass is 505 g/mol. The summed E-state index contributed by atoms with van der Waals surface area (Å²) < 4.78 is 16.7. The molecular weight excluding hydrogens is 478 g/mol. The predicted molar refractivity (Wildman–Crippen MR) is 135 cm³/mol. The first-order chi connectivity index (χ1) is 15.9. The van der Waals surface area contributed by atoms with Gasteiger partial charge in [0.25, 0.3) is 0 Å². The van der Waals surface area contributed by atoms with Gasteiger partial charge >= 0.3 is 0 Å². The summed E-state index contributed by atoms with van der Waals surface area (Å²) in [4.78, 5) is 24.5. The second kappa shape index (κ2) is 10.1.